The van der Waals surface area contributed by atoms with Crippen molar-refractivity contribution in [1.29, 1.82) is 0 Å². The summed E-state index contributed by atoms with van der Waals surface area (Å²) in [5.74, 6) is 0.598. The number of thiocarbonyl (C=S) groups is 1. The van der Waals surface area contributed by atoms with Gasteiger partial charge in [-0.15, -0.1) is 0 Å². The Labute approximate surface area is 190 Å². The molecule has 4 N–H and O–H groups in total. The van der Waals surface area contributed by atoms with Crippen LogP contribution in [0.25, 0.3) is 11.2 Å². The molecule has 0 bridgehead atoms. The molecule has 4 heterocycles. The van der Waals surface area contributed by atoms with Crippen molar-refractivity contribution in [3.63, 3.8) is 0 Å². The van der Waals surface area contributed by atoms with Gasteiger partial charge >= 0.3 is 0 Å². The summed E-state index contributed by atoms with van der Waals surface area (Å²) in [7, 11) is 0. The molecule has 2 saturated heterocycles. The molecule has 1 aliphatic carbocycles. The van der Waals surface area contributed by atoms with E-state index in [4.69, 9.17) is 26.4 Å². The molecule has 0 aromatic carbocycles. The minimum absolute atomic E-state index is 0.0311. The van der Waals surface area contributed by atoms with Crippen molar-refractivity contribution in [1.82, 2.24) is 24.8 Å². The third-order valence-corrected chi connectivity index (χ3v) is 6.53. The molecule has 12 heteroatoms. The van der Waals surface area contributed by atoms with Crippen LogP contribution in [0.15, 0.2) is 12.7 Å². The van der Waals surface area contributed by atoms with E-state index in [0.29, 0.717) is 36.2 Å². The Morgan fingerprint density at radius 3 is 2.78 bits per heavy atom. The highest BCUT2D eigenvalue weighted by Crippen LogP contribution is 2.32. The Balaban J connectivity index is 1.25. The lowest BCUT2D eigenvalue weighted by atomic mass is 10.1. The van der Waals surface area contributed by atoms with Crippen molar-refractivity contribution < 1.29 is 24.4 Å². The highest BCUT2D eigenvalue weighted by molar-refractivity contribution is 7.80. The molecule has 32 heavy (non-hydrogen) atoms. The monoisotopic (exact) mass is 464 g/mol. The molecule has 0 amide bonds. The smallest absolute Gasteiger partial charge is 0.256 e. The average Bonchev–Trinajstić information content (AvgIpc) is 3.58. The standard InChI is InChI=1S/C20H28N6O5S/c27-15-13(8-30-20(32)25-11-3-1-2-4-11)31-19(16(15)28)26-10-23-14-17(21-9-22-18(14)26)24-12-5-6-29-7-12/h9-13,15-16,19,27-28H,1-8H2,(H,25,32)(H,21,22,24)/t12?,13-,15-,16-,19?/m1/s1. The predicted molar refractivity (Wildman–Crippen MR) is 118 cm³/mol. The number of imidazole rings is 1. The number of aliphatic hydroxyl groups excluding tert-OH is 2. The molecule has 3 aliphatic rings. The molecule has 11 nitrogen and oxygen atoms in total. The first-order valence-electron chi connectivity index (χ1n) is 11.1. The van der Waals surface area contributed by atoms with Gasteiger partial charge in [0.05, 0.1) is 19.0 Å². The first-order valence-corrected chi connectivity index (χ1v) is 11.5. The lowest BCUT2D eigenvalue weighted by Gasteiger charge is -2.18. The van der Waals surface area contributed by atoms with Crippen LogP contribution in [0.2, 0.25) is 0 Å². The largest absolute Gasteiger partial charge is 0.468 e. The van der Waals surface area contributed by atoms with Crippen LogP contribution < -0.4 is 10.6 Å². The molecule has 0 radical (unpaired) electrons. The third-order valence-electron chi connectivity index (χ3n) is 6.30. The topological polar surface area (TPSA) is 136 Å². The average molecular weight is 465 g/mol. The molecule has 2 unspecified atom stereocenters. The molecule has 1 saturated carbocycles. The van der Waals surface area contributed by atoms with Crippen LogP contribution in [-0.2, 0) is 14.2 Å². The lowest BCUT2D eigenvalue weighted by molar-refractivity contribution is -0.0492. The van der Waals surface area contributed by atoms with E-state index in [9.17, 15) is 10.2 Å². The van der Waals surface area contributed by atoms with Gasteiger partial charge in [-0.25, -0.2) is 15.0 Å². The van der Waals surface area contributed by atoms with Gasteiger partial charge in [0, 0.05) is 12.6 Å². The summed E-state index contributed by atoms with van der Waals surface area (Å²) in [4.78, 5) is 13.0. The number of aromatic nitrogens is 4. The van der Waals surface area contributed by atoms with Crippen LogP contribution in [0.4, 0.5) is 5.82 Å². The zero-order chi connectivity index (χ0) is 22.1. The van der Waals surface area contributed by atoms with Gasteiger partial charge in [-0.3, -0.25) is 4.57 Å². The summed E-state index contributed by atoms with van der Waals surface area (Å²) in [5, 5.41) is 28.0. The maximum atomic E-state index is 10.7. The van der Waals surface area contributed by atoms with Gasteiger partial charge in [0.1, 0.15) is 31.2 Å². The molecule has 2 aliphatic heterocycles. The molecule has 2 aromatic heterocycles. The summed E-state index contributed by atoms with van der Waals surface area (Å²) < 4.78 is 18.6. The van der Waals surface area contributed by atoms with E-state index in [-0.39, 0.29) is 17.8 Å². The van der Waals surface area contributed by atoms with Gasteiger partial charge in [-0.1, -0.05) is 12.8 Å². The zero-order valence-corrected chi connectivity index (χ0v) is 18.4. The molecule has 0 spiro atoms. The number of hydrogen-bond acceptors (Lipinski definition) is 10. The number of hydrogen-bond donors (Lipinski definition) is 4. The van der Waals surface area contributed by atoms with Crippen LogP contribution in [0.5, 0.6) is 0 Å². The van der Waals surface area contributed by atoms with Gasteiger partial charge < -0.3 is 35.1 Å². The van der Waals surface area contributed by atoms with Crippen LogP contribution in [-0.4, -0.2) is 85.1 Å². The Morgan fingerprint density at radius 1 is 1.16 bits per heavy atom. The van der Waals surface area contributed by atoms with Gasteiger partial charge in [-0.05, 0) is 31.5 Å². The van der Waals surface area contributed by atoms with Crippen LogP contribution >= 0.6 is 12.2 Å². The molecular formula is C20H28N6O5S. The van der Waals surface area contributed by atoms with Gasteiger partial charge in [0.25, 0.3) is 5.17 Å². The summed E-state index contributed by atoms with van der Waals surface area (Å²) in [5.41, 5.74) is 1.06. The molecule has 5 atom stereocenters. The van der Waals surface area contributed by atoms with Gasteiger partial charge in [0.2, 0.25) is 0 Å². The minimum Gasteiger partial charge on any atom is -0.468 e. The number of nitrogens with one attached hydrogen (secondary N) is 2. The van der Waals surface area contributed by atoms with E-state index in [1.54, 1.807) is 4.57 Å². The van der Waals surface area contributed by atoms with E-state index in [1.807, 2.05) is 0 Å². The summed E-state index contributed by atoms with van der Waals surface area (Å²) in [6.45, 7) is 1.36. The van der Waals surface area contributed by atoms with E-state index < -0.39 is 24.5 Å². The number of aliphatic hydroxyl groups is 2. The highest BCUT2D eigenvalue weighted by Gasteiger charge is 2.45. The number of rotatable bonds is 6. The van der Waals surface area contributed by atoms with Crippen molar-refractivity contribution in [2.75, 3.05) is 25.1 Å². The maximum absolute atomic E-state index is 10.7. The first-order chi connectivity index (χ1) is 15.6. The fourth-order valence-corrected chi connectivity index (χ4v) is 4.75. The fourth-order valence-electron chi connectivity index (χ4n) is 4.52. The Kier molecular flexibility index (Phi) is 6.37. The minimum atomic E-state index is -1.17. The van der Waals surface area contributed by atoms with Crippen molar-refractivity contribution in [2.45, 2.75) is 68.7 Å². The molecule has 2 aromatic rings. The number of ether oxygens (including phenoxy) is 3. The number of anilines is 1. The van der Waals surface area contributed by atoms with Crippen LogP contribution in [0.1, 0.15) is 38.3 Å². The van der Waals surface area contributed by atoms with E-state index in [0.717, 1.165) is 19.3 Å². The van der Waals surface area contributed by atoms with Gasteiger partial charge in [0.15, 0.2) is 23.2 Å². The van der Waals surface area contributed by atoms with Crippen molar-refractivity contribution in [3.8, 4) is 0 Å². The van der Waals surface area contributed by atoms with Crippen molar-refractivity contribution in [3.05, 3.63) is 12.7 Å². The molecule has 3 fully saturated rings. The highest BCUT2D eigenvalue weighted by atomic mass is 32.1. The predicted octanol–water partition coefficient (Wildman–Crippen LogP) is 0.480. The van der Waals surface area contributed by atoms with E-state index in [2.05, 4.69) is 25.6 Å². The fraction of sp³-hybridized carbons (Fsp3) is 0.700. The van der Waals surface area contributed by atoms with Crippen molar-refractivity contribution >= 4 is 34.4 Å². The molecule has 174 valence electrons. The molecule has 5 rings (SSSR count). The van der Waals surface area contributed by atoms with Gasteiger partial charge in [-0.2, -0.15) is 0 Å². The summed E-state index contributed by atoms with van der Waals surface area (Å²) in [6, 6.07) is 0.502. The Morgan fingerprint density at radius 2 is 2.00 bits per heavy atom. The second kappa shape index (κ2) is 9.40. The van der Waals surface area contributed by atoms with Crippen molar-refractivity contribution in [2.24, 2.45) is 0 Å². The number of fused-ring (bicyclic) bond motifs is 1. The summed E-state index contributed by atoms with van der Waals surface area (Å²) >= 11 is 5.26. The maximum Gasteiger partial charge on any atom is 0.256 e. The lowest BCUT2D eigenvalue weighted by Crippen LogP contribution is -2.38. The Hall–Kier alpha value is -2.12. The second-order valence-electron chi connectivity index (χ2n) is 8.52. The number of nitrogens with zero attached hydrogens (tertiary/aromatic N) is 4. The normalized spacial score (nSPS) is 30.8. The van der Waals surface area contributed by atoms with Crippen LogP contribution in [0, 0.1) is 0 Å². The van der Waals surface area contributed by atoms with E-state index in [1.165, 1.54) is 25.5 Å². The molecular weight excluding hydrogens is 436 g/mol. The second-order valence-corrected chi connectivity index (χ2v) is 8.89. The first kappa shape index (κ1) is 21.7. The quantitative estimate of drug-likeness (QED) is 0.444. The van der Waals surface area contributed by atoms with Crippen LogP contribution in [0.3, 0.4) is 0 Å². The Bertz CT molecular complexity index is 948. The SMILES string of the molecule is O[C@@H]1[C@@H](COC(=S)NC2CCCC2)OC(n2cnc3c(NC4CCOC4)ncnc32)[C@@H]1O. The third kappa shape index (κ3) is 4.37. The van der Waals surface area contributed by atoms with E-state index >= 15 is 0 Å². The zero-order valence-electron chi connectivity index (χ0n) is 17.6. The summed E-state index contributed by atoms with van der Waals surface area (Å²) in [6.07, 6.45) is 4.47.